The van der Waals surface area contributed by atoms with E-state index in [4.69, 9.17) is 9.84 Å². The summed E-state index contributed by atoms with van der Waals surface area (Å²) in [6, 6.07) is 0. The van der Waals surface area contributed by atoms with Crippen molar-refractivity contribution in [1.82, 2.24) is 0 Å². The number of hydrogen-bond acceptors (Lipinski definition) is 3. The molecule has 3 heteroatoms. The summed E-state index contributed by atoms with van der Waals surface area (Å²) in [6.07, 6.45) is 6.06. The van der Waals surface area contributed by atoms with Gasteiger partial charge in [0.1, 0.15) is 6.10 Å². The van der Waals surface area contributed by atoms with Crippen molar-refractivity contribution >= 4 is 6.40 Å². The highest BCUT2D eigenvalue weighted by Crippen LogP contribution is 2.09. The van der Waals surface area contributed by atoms with Crippen LogP contribution in [0.5, 0.6) is 0 Å². The lowest BCUT2D eigenvalue weighted by Gasteiger charge is -2.06. The van der Waals surface area contributed by atoms with E-state index in [2.05, 4.69) is 4.99 Å². The summed E-state index contributed by atoms with van der Waals surface area (Å²) in [7, 11) is 0. The summed E-state index contributed by atoms with van der Waals surface area (Å²) in [6.45, 7) is 1.13. The summed E-state index contributed by atoms with van der Waals surface area (Å²) in [5.74, 6) is 0. The average molecular weight is 157 g/mol. The molecule has 0 radical (unpaired) electrons. The van der Waals surface area contributed by atoms with E-state index in [1.54, 1.807) is 0 Å². The van der Waals surface area contributed by atoms with Gasteiger partial charge in [-0.05, 0) is 19.3 Å². The van der Waals surface area contributed by atoms with Crippen LogP contribution in [0.15, 0.2) is 4.99 Å². The second kappa shape index (κ2) is 5.13. The summed E-state index contributed by atoms with van der Waals surface area (Å²) < 4.78 is 5.18. The first kappa shape index (κ1) is 8.53. The van der Waals surface area contributed by atoms with Crippen LogP contribution in [0.25, 0.3) is 0 Å². The SMILES string of the molecule is OCCCCCC1CN=CO1. The maximum absolute atomic E-state index is 8.50. The molecule has 0 aliphatic carbocycles. The van der Waals surface area contributed by atoms with Crippen LogP contribution < -0.4 is 0 Å². The van der Waals surface area contributed by atoms with Gasteiger partial charge in [0.05, 0.1) is 6.54 Å². The Balaban J connectivity index is 1.87. The molecule has 0 fully saturated rings. The maximum atomic E-state index is 8.50. The van der Waals surface area contributed by atoms with Crippen LogP contribution in [0, 0.1) is 0 Å². The molecule has 0 aromatic heterocycles. The normalized spacial score (nSPS) is 22.1. The fourth-order valence-corrected chi connectivity index (χ4v) is 1.15. The smallest absolute Gasteiger partial charge is 0.170 e. The third kappa shape index (κ3) is 3.37. The highest BCUT2D eigenvalue weighted by Gasteiger charge is 2.10. The van der Waals surface area contributed by atoms with E-state index in [1.807, 2.05) is 0 Å². The summed E-state index contributed by atoms with van der Waals surface area (Å²) in [5.41, 5.74) is 0. The van der Waals surface area contributed by atoms with Gasteiger partial charge in [-0.3, -0.25) is 4.99 Å². The Hall–Kier alpha value is -0.570. The Morgan fingerprint density at radius 2 is 2.36 bits per heavy atom. The summed E-state index contributed by atoms with van der Waals surface area (Å²) in [5, 5.41) is 8.50. The number of ether oxygens (including phenoxy) is 1. The van der Waals surface area contributed by atoms with Gasteiger partial charge in [0.25, 0.3) is 0 Å². The van der Waals surface area contributed by atoms with Gasteiger partial charge in [0.2, 0.25) is 0 Å². The Morgan fingerprint density at radius 3 is 3.00 bits per heavy atom. The molecule has 1 unspecified atom stereocenters. The molecule has 1 aliphatic rings. The lowest BCUT2D eigenvalue weighted by Crippen LogP contribution is -2.09. The number of nitrogens with zero attached hydrogens (tertiary/aromatic N) is 1. The first-order valence-corrected chi connectivity index (χ1v) is 4.18. The number of unbranched alkanes of at least 4 members (excludes halogenated alkanes) is 2. The minimum atomic E-state index is 0.308. The van der Waals surface area contributed by atoms with Gasteiger partial charge in [-0.15, -0.1) is 0 Å². The van der Waals surface area contributed by atoms with Crippen LogP contribution in [-0.4, -0.2) is 30.8 Å². The molecule has 0 bridgehead atoms. The quantitative estimate of drug-likeness (QED) is 0.604. The molecule has 1 heterocycles. The first-order chi connectivity index (χ1) is 5.43. The fourth-order valence-electron chi connectivity index (χ4n) is 1.15. The molecule has 1 aliphatic heterocycles. The van der Waals surface area contributed by atoms with Crippen LogP contribution in [0.1, 0.15) is 25.7 Å². The van der Waals surface area contributed by atoms with Crippen molar-refractivity contribution in [3.63, 3.8) is 0 Å². The van der Waals surface area contributed by atoms with Gasteiger partial charge in [0.15, 0.2) is 6.40 Å². The molecule has 0 spiro atoms. The second-order valence-electron chi connectivity index (χ2n) is 2.80. The summed E-state index contributed by atoms with van der Waals surface area (Å²) >= 11 is 0. The van der Waals surface area contributed by atoms with E-state index in [-0.39, 0.29) is 0 Å². The fraction of sp³-hybridized carbons (Fsp3) is 0.875. The van der Waals surface area contributed by atoms with Gasteiger partial charge in [-0.2, -0.15) is 0 Å². The van der Waals surface area contributed by atoms with Crippen molar-refractivity contribution in [3.05, 3.63) is 0 Å². The second-order valence-corrected chi connectivity index (χ2v) is 2.80. The van der Waals surface area contributed by atoms with Crippen molar-refractivity contribution in [2.45, 2.75) is 31.8 Å². The van der Waals surface area contributed by atoms with E-state index in [1.165, 1.54) is 6.40 Å². The number of aliphatic hydroxyl groups is 1. The van der Waals surface area contributed by atoms with Gasteiger partial charge in [0, 0.05) is 6.61 Å². The van der Waals surface area contributed by atoms with Gasteiger partial charge >= 0.3 is 0 Å². The topological polar surface area (TPSA) is 41.8 Å². The molecule has 1 rings (SSSR count). The molecule has 11 heavy (non-hydrogen) atoms. The van der Waals surface area contributed by atoms with Crippen molar-refractivity contribution in [2.75, 3.05) is 13.2 Å². The van der Waals surface area contributed by atoms with Crippen LogP contribution >= 0.6 is 0 Å². The third-order valence-corrected chi connectivity index (χ3v) is 1.82. The van der Waals surface area contributed by atoms with Gasteiger partial charge < -0.3 is 9.84 Å². The Kier molecular flexibility index (Phi) is 3.98. The van der Waals surface area contributed by atoms with Crippen LogP contribution in [0.4, 0.5) is 0 Å². The minimum Gasteiger partial charge on any atom is -0.478 e. The molecule has 64 valence electrons. The molecule has 1 N–H and O–H groups in total. The monoisotopic (exact) mass is 157 g/mol. The minimum absolute atomic E-state index is 0.308. The van der Waals surface area contributed by atoms with Crippen molar-refractivity contribution in [1.29, 1.82) is 0 Å². The predicted molar refractivity (Wildman–Crippen MR) is 43.8 cm³/mol. The lowest BCUT2D eigenvalue weighted by atomic mass is 10.1. The molecule has 0 saturated heterocycles. The van der Waals surface area contributed by atoms with Crippen molar-refractivity contribution in [3.8, 4) is 0 Å². The zero-order chi connectivity index (χ0) is 7.94. The number of rotatable bonds is 5. The zero-order valence-electron chi connectivity index (χ0n) is 6.70. The van der Waals surface area contributed by atoms with E-state index >= 15 is 0 Å². The molecule has 0 aromatic rings. The molecule has 0 amide bonds. The average Bonchev–Trinajstić information content (AvgIpc) is 2.50. The van der Waals surface area contributed by atoms with E-state index in [9.17, 15) is 0 Å². The largest absolute Gasteiger partial charge is 0.478 e. The highest BCUT2D eigenvalue weighted by molar-refractivity contribution is 5.48. The molecule has 0 aromatic carbocycles. The Morgan fingerprint density at radius 1 is 1.45 bits per heavy atom. The predicted octanol–water partition coefficient (Wildman–Crippen LogP) is 0.966. The van der Waals surface area contributed by atoms with Crippen molar-refractivity contribution in [2.24, 2.45) is 4.99 Å². The Labute approximate surface area is 67.1 Å². The Bertz CT molecular complexity index is 117. The molecule has 1 atom stereocenters. The van der Waals surface area contributed by atoms with Gasteiger partial charge in [-0.25, -0.2) is 0 Å². The number of aliphatic imine (C=N–C) groups is 1. The highest BCUT2D eigenvalue weighted by atomic mass is 16.5. The number of aliphatic hydroxyl groups excluding tert-OH is 1. The lowest BCUT2D eigenvalue weighted by molar-refractivity contribution is 0.213. The van der Waals surface area contributed by atoms with Crippen LogP contribution in [-0.2, 0) is 4.74 Å². The molecule has 3 nitrogen and oxygen atoms in total. The maximum Gasteiger partial charge on any atom is 0.170 e. The molecule has 0 saturated carbocycles. The van der Waals surface area contributed by atoms with Gasteiger partial charge in [-0.1, -0.05) is 6.42 Å². The zero-order valence-corrected chi connectivity index (χ0v) is 6.70. The first-order valence-electron chi connectivity index (χ1n) is 4.18. The standard InChI is InChI=1S/C8H15NO2/c10-5-3-1-2-4-8-6-9-7-11-8/h7-8,10H,1-6H2. The van der Waals surface area contributed by atoms with E-state index < -0.39 is 0 Å². The van der Waals surface area contributed by atoms with E-state index in [0.717, 1.165) is 32.2 Å². The number of hydrogen-bond donors (Lipinski definition) is 1. The van der Waals surface area contributed by atoms with Crippen LogP contribution in [0.2, 0.25) is 0 Å². The molecular weight excluding hydrogens is 142 g/mol. The molecular formula is C8H15NO2. The van der Waals surface area contributed by atoms with Crippen molar-refractivity contribution < 1.29 is 9.84 Å². The van der Waals surface area contributed by atoms with Crippen LogP contribution in [0.3, 0.4) is 0 Å². The summed E-state index contributed by atoms with van der Waals surface area (Å²) in [4.78, 5) is 3.97. The third-order valence-electron chi connectivity index (χ3n) is 1.82. The van der Waals surface area contributed by atoms with E-state index in [0.29, 0.717) is 12.7 Å².